The molecular weight excluding hydrogens is 223 g/mol. The Morgan fingerprint density at radius 2 is 1.73 bits per heavy atom. The number of carbonyl (C=O) groups is 1. The molecule has 7 heteroatoms. The molecule has 0 bridgehead atoms. The normalized spacial score (nSPS) is 16.9. The van der Waals surface area contributed by atoms with Gasteiger partial charge in [-0.05, 0) is 0 Å². The Bertz CT molecular complexity index is 221. The molecule has 0 aromatic rings. The van der Waals surface area contributed by atoms with Crippen molar-refractivity contribution < 1.29 is 31.5 Å². The molecule has 0 radical (unpaired) electrons. The van der Waals surface area contributed by atoms with E-state index in [0.29, 0.717) is 6.08 Å². The molecule has 0 saturated carbocycles. The lowest BCUT2D eigenvalue weighted by atomic mass is 10.1. The molecule has 0 aromatic carbocycles. The minimum Gasteiger partial charge on any atom is -0.459 e. The number of hydrogen-bond acceptors (Lipinski definition) is 2. The van der Waals surface area contributed by atoms with Crippen LogP contribution < -0.4 is 0 Å². The average Bonchev–Trinajstić information content (AvgIpc) is 2.22. The van der Waals surface area contributed by atoms with Crippen LogP contribution in [-0.4, -0.2) is 37.5 Å². The SMILES string of the molecule is C=CC(=O)OCC(F)C(F)C(F)C(F)F. The molecule has 2 nitrogen and oxygen atoms in total. The van der Waals surface area contributed by atoms with Crippen LogP contribution in [-0.2, 0) is 9.53 Å². The highest BCUT2D eigenvalue weighted by atomic mass is 19.3. The molecule has 0 aromatic heterocycles. The van der Waals surface area contributed by atoms with E-state index in [4.69, 9.17) is 0 Å². The molecule has 0 aliphatic carbocycles. The van der Waals surface area contributed by atoms with E-state index < -0.39 is 37.5 Å². The second-order valence-electron chi connectivity index (χ2n) is 2.57. The molecule has 0 N–H and O–H groups in total. The van der Waals surface area contributed by atoms with Crippen LogP contribution in [0.15, 0.2) is 12.7 Å². The minimum absolute atomic E-state index is 0.681. The predicted octanol–water partition coefficient (Wildman–Crippen LogP) is 1.99. The summed E-state index contributed by atoms with van der Waals surface area (Å²) in [5.74, 6) is -1.04. The molecule has 15 heavy (non-hydrogen) atoms. The number of hydrogen-bond donors (Lipinski definition) is 0. The molecule has 3 atom stereocenters. The van der Waals surface area contributed by atoms with Gasteiger partial charge >= 0.3 is 5.97 Å². The number of esters is 1. The van der Waals surface area contributed by atoms with Crippen LogP contribution in [0.2, 0.25) is 0 Å². The molecule has 0 heterocycles. The van der Waals surface area contributed by atoms with Crippen molar-refractivity contribution in [1.82, 2.24) is 0 Å². The van der Waals surface area contributed by atoms with Gasteiger partial charge in [-0.25, -0.2) is 26.7 Å². The van der Waals surface area contributed by atoms with Crippen LogP contribution in [0.5, 0.6) is 0 Å². The first kappa shape index (κ1) is 13.9. The zero-order valence-corrected chi connectivity index (χ0v) is 7.51. The van der Waals surface area contributed by atoms with Gasteiger partial charge in [0.05, 0.1) is 0 Å². The van der Waals surface area contributed by atoms with Gasteiger partial charge in [-0.2, -0.15) is 0 Å². The first-order valence-electron chi connectivity index (χ1n) is 3.89. The first-order valence-corrected chi connectivity index (χ1v) is 3.89. The smallest absolute Gasteiger partial charge is 0.330 e. The Kier molecular flexibility index (Phi) is 5.88. The zero-order chi connectivity index (χ0) is 12.0. The largest absolute Gasteiger partial charge is 0.459 e. The van der Waals surface area contributed by atoms with Crippen molar-refractivity contribution in [3.05, 3.63) is 12.7 Å². The summed E-state index contributed by atoms with van der Waals surface area (Å²) in [6.45, 7) is 1.84. The van der Waals surface area contributed by atoms with Crippen LogP contribution in [0.25, 0.3) is 0 Å². The third-order valence-electron chi connectivity index (χ3n) is 1.44. The molecule has 0 amide bonds. The first-order chi connectivity index (χ1) is 6.90. The molecular formula is C8H9F5O2. The lowest BCUT2D eigenvalue weighted by Gasteiger charge is -2.16. The fourth-order valence-corrected chi connectivity index (χ4v) is 0.651. The van der Waals surface area contributed by atoms with Crippen molar-refractivity contribution in [2.75, 3.05) is 6.61 Å². The van der Waals surface area contributed by atoms with Crippen LogP contribution in [0.1, 0.15) is 0 Å². The molecule has 0 spiro atoms. The minimum atomic E-state index is -3.62. The van der Waals surface area contributed by atoms with Crippen molar-refractivity contribution in [1.29, 1.82) is 0 Å². The number of alkyl halides is 5. The van der Waals surface area contributed by atoms with E-state index in [2.05, 4.69) is 11.3 Å². The maximum Gasteiger partial charge on any atom is 0.330 e. The maximum absolute atomic E-state index is 12.6. The van der Waals surface area contributed by atoms with Crippen molar-refractivity contribution in [3.63, 3.8) is 0 Å². The predicted molar refractivity (Wildman–Crippen MR) is 41.8 cm³/mol. The van der Waals surface area contributed by atoms with Gasteiger partial charge in [-0.3, -0.25) is 0 Å². The van der Waals surface area contributed by atoms with Gasteiger partial charge in [-0.1, -0.05) is 6.58 Å². The molecule has 0 aliphatic rings. The van der Waals surface area contributed by atoms with Crippen molar-refractivity contribution in [2.45, 2.75) is 24.9 Å². The Labute approximate surface area is 82.7 Å². The van der Waals surface area contributed by atoms with E-state index in [9.17, 15) is 26.7 Å². The van der Waals surface area contributed by atoms with Crippen molar-refractivity contribution in [2.24, 2.45) is 0 Å². The van der Waals surface area contributed by atoms with Crippen molar-refractivity contribution >= 4 is 5.97 Å². The molecule has 0 fully saturated rings. The summed E-state index contributed by atoms with van der Waals surface area (Å²) in [7, 11) is 0. The summed E-state index contributed by atoms with van der Waals surface area (Å²) >= 11 is 0. The highest BCUT2D eigenvalue weighted by Crippen LogP contribution is 2.18. The van der Waals surface area contributed by atoms with Gasteiger partial charge in [-0.15, -0.1) is 0 Å². The second-order valence-corrected chi connectivity index (χ2v) is 2.57. The van der Waals surface area contributed by atoms with Gasteiger partial charge in [0.25, 0.3) is 6.43 Å². The number of carbonyl (C=O) groups excluding carboxylic acids is 1. The van der Waals surface area contributed by atoms with Crippen molar-refractivity contribution in [3.8, 4) is 0 Å². The zero-order valence-electron chi connectivity index (χ0n) is 7.51. The number of rotatable bonds is 6. The summed E-state index contributed by atoms with van der Waals surface area (Å²) in [4.78, 5) is 10.4. The maximum atomic E-state index is 12.6. The summed E-state index contributed by atoms with van der Waals surface area (Å²) < 4.78 is 64.7. The lowest BCUT2D eigenvalue weighted by molar-refractivity contribution is -0.141. The van der Waals surface area contributed by atoms with Gasteiger partial charge in [0, 0.05) is 6.08 Å². The summed E-state index contributed by atoms with van der Waals surface area (Å²) in [6, 6.07) is 0. The number of ether oxygens (including phenoxy) is 1. The van der Waals surface area contributed by atoms with Gasteiger partial charge in [0.15, 0.2) is 18.5 Å². The Hall–Kier alpha value is -1.14. The Morgan fingerprint density at radius 3 is 2.13 bits per heavy atom. The molecule has 3 unspecified atom stereocenters. The lowest BCUT2D eigenvalue weighted by Crippen LogP contribution is -2.36. The monoisotopic (exact) mass is 232 g/mol. The molecule has 0 saturated heterocycles. The van der Waals surface area contributed by atoms with Crippen LogP contribution in [0.4, 0.5) is 22.0 Å². The van der Waals surface area contributed by atoms with Crippen LogP contribution in [0, 0.1) is 0 Å². The summed E-state index contributed by atoms with van der Waals surface area (Å²) in [6.07, 6.45) is -11.8. The van der Waals surface area contributed by atoms with E-state index in [1.54, 1.807) is 0 Å². The third-order valence-corrected chi connectivity index (χ3v) is 1.44. The molecule has 0 aliphatic heterocycles. The van der Waals surface area contributed by atoms with E-state index >= 15 is 0 Å². The topological polar surface area (TPSA) is 26.3 Å². The second kappa shape index (κ2) is 6.36. The van der Waals surface area contributed by atoms with E-state index in [1.807, 2.05) is 0 Å². The average molecular weight is 232 g/mol. The van der Waals surface area contributed by atoms with Gasteiger partial charge in [0.2, 0.25) is 0 Å². The summed E-state index contributed by atoms with van der Waals surface area (Å²) in [5.41, 5.74) is 0. The fourth-order valence-electron chi connectivity index (χ4n) is 0.651. The highest BCUT2D eigenvalue weighted by molar-refractivity contribution is 5.81. The van der Waals surface area contributed by atoms with E-state index in [-0.39, 0.29) is 0 Å². The third kappa shape index (κ3) is 4.75. The number of halogens is 5. The molecule has 88 valence electrons. The van der Waals surface area contributed by atoms with Crippen LogP contribution in [0.3, 0.4) is 0 Å². The quantitative estimate of drug-likeness (QED) is 0.397. The van der Waals surface area contributed by atoms with Gasteiger partial charge < -0.3 is 4.74 Å². The fraction of sp³-hybridized carbons (Fsp3) is 0.625. The van der Waals surface area contributed by atoms with E-state index in [1.165, 1.54) is 0 Å². The van der Waals surface area contributed by atoms with Crippen LogP contribution >= 0.6 is 0 Å². The Balaban J connectivity index is 4.03. The highest BCUT2D eigenvalue weighted by Gasteiger charge is 2.36. The standard InChI is InChI=1S/C8H9F5O2/c1-2-5(14)15-3-4(9)6(10)7(11)8(12)13/h2,4,6-8H,1,3H2. The van der Waals surface area contributed by atoms with Gasteiger partial charge in [0.1, 0.15) is 6.61 Å². The van der Waals surface area contributed by atoms with E-state index in [0.717, 1.165) is 0 Å². The molecule has 0 rings (SSSR count). The Morgan fingerprint density at radius 1 is 1.20 bits per heavy atom. The summed E-state index contributed by atoms with van der Waals surface area (Å²) in [5, 5.41) is 0.